The fraction of sp³-hybridized carbons (Fsp3) is 0.354. The lowest BCUT2D eigenvalue weighted by Gasteiger charge is -2.28. The zero-order valence-electron chi connectivity index (χ0n) is 36.6. The van der Waals surface area contributed by atoms with Gasteiger partial charge in [0.05, 0.1) is 110 Å². The number of rotatable bonds is 24. The third-order valence-corrected chi connectivity index (χ3v) is 10.6. The van der Waals surface area contributed by atoms with Gasteiger partial charge in [0.25, 0.3) is 5.91 Å². The standard InChI is InChI=1S/C48H54N6O11/c1-58-41-16-15-38-40(55)31-42(65-46(38)47(41)59-2)33-11-13-34(14-12-33)48(57)50-19-21-60-23-25-62-27-29-64-30-28-63-26-24-61-22-20-54-45-36-8-4-3-7-35(36)32-53(43(56)17-18-49)39-10-6-5-9-37(39)44(45)51-52-54/h3-16,31H,17-30,32,49H2,1-2H3,(H,50,57). The molecular formula is C48H54N6O11. The zero-order valence-corrected chi connectivity index (χ0v) is 36.6. The van der Waals surface area contributed by atoms with Crippen LogP contribution in [0.2, 0.25) is 0 Å². The quantitative estimate of drug-likeness (QED) is 0.0760. The van der Waals surface area contributed by atoms with Crippen molar-refractivity contribution in [2.45, 2.75) is 19.5 Å². The van der Waals surface area contributed by atoms with Crippen LogP contribution < -0.4 is 30.9 Å². The molecule has 1 aliphatic rings. The highest BCUT2D eigenvalue weighted by atomic mass is 16.6. The number of nitrogens with zero attached hydrogens (tertiary/aromatic N) is 4. The van der Waals surface area contributed by atoms with Crippen molar-refractivity contribution >= 4 is 28.5 Å². The summed E-state index contributed by atoms with van der Waals surface area (Å²) in [7, 11) is 2.99. The summed E-state index contributed by atoms with van der Waals surface area (Å²) in [6.07, 6.45) is 0.250. The molecule has 3 N–H and O–H groups in total. The van der Waals surface area contributed by atoms with E-state index in [0.717, 1.165) is 28.1 Å². The van der Waals surface area contributed by atoms with Crippen molar-refractivity contribution < 1.29 is 47.2 Å². The van der Waals surface area contributed by atoms with E-state index in [1.807, 2.05) is 53.2 Å². The molecule has 4 aromatic carbocycles. The molecule has 0 fully saturated rings. The number of carbonyl (C=O) groups excluding carboxylic acids is 2. The number of para-hydroxylation sites is 1. The van der Waals surface area contributed by atoms with Crippen LogP contribution in [-0.4, -0.2) is 120 Å². The smallest absolute Gasteiger partial charge is 0.251 e. The van der Waals surface area contributed by atoms with Crippen molar-refractivity contribution in [3.63, 3.8) is 0 Å². The summed E-state index contributed by atoms with van der Waals surface area (Å²) in [5, 5.41) is 12.3. The molecule has 0 radical (unpaired) electrons. The number of fused-ring (bicyclic) bond motifs is 6. The molecule has 1 aliphatic heterocycles. The third-order valence-electron chi connectivity index (χ3n) is 10.6. The second-order valence-electron chi connectivity index (χ2n) is 14.8. The van der Waals surface area contributed by atoms with Crippen molar-refractivity contribution in [1.82, 2.24) is 20.3 Å². The maximum absolute atomic E-state index is 13.2. The molecule has 0 atom stereocenters. The number of aromatic nitrogens is 3. The molecule has 342 valence electrons. The van der Waals surface area contributed by atoms with E-state index < -0.39 is 0 Å². The lowest BCUT2D eigenvalue weighted by Crippen LogP contribution is -2.33. The minimum absolute atomic E-state index is 0.0385. The summed E-state index contributed by atoms with van der Waals surface area (Å²) < 4.78 is 47.0. The van der Waals surface area contributed by atoms with E-state index >= 15 is 0 Å². The van der Waals surface area contributed by atoms with Gasteiger partial charge in [-0.15, -0.1) is 5.10 Å². The van der Waals surface area contributed by atoms with Gasteiger partial charge in [-0.1, -0.05) is 59.8 Å². The Labute approximate surface area is 376 Å². The van der Waals surface area contributed by atoms with E-state index in [1.165, 1.54) is 20.3 Å². The Morgan fingerprint density at radius 1 is 0.754 bits per heavy atom. The molecule has 6 aromatic rings. The van der Waals surface area contributed by atoms with E-state index in [2.05, 4.69) is 15.6 Å². The van der Waals surface area contributed by atoms with Gasteiger partial charge in [-0.3, -0.25) is 14.4 Å². The van der Waals surface area contributed by atoms with E-state index in [4.69, 9.17) is 43.3 Å². The van der Waals surface area contributed by atoms with Gasteiger partial charge in [0, 0.05) is 47.8 Å². The number of nitrogens with one attached hydrogen (secondary N) is 1. The van der Waals surface area contributed by atoms with Crippen LogP contribution in [0, 0.1) is 0 Å². The van der Waals surface area contributed by atoms with Crippen molar-refractivity contribution in [2.24, 2.45) is 5.73 Å². The normalized spacial score (nSPS) is 12.0. The summed E-state index contributed by atoms with van der Waals surface area (Å²) in [5.41, 5.74) is 12.1. The second kappa shape index (κ2) is 23.5. The Kier molecular flexibility index (Phi) is 16.8. The monoisotopic (exact) mass is 890 g/mol. The van der Waals surface area contributed by atoms with Crippen LogP contribution in [0.3, 0.4) is 0 Å². The summed E-state index contributed by atoms with van der Waals surface area (Å²) >= 11 is 0. The number of hydrogen-bond donors (Lipinski definition) is 2. The second-order valence-corrected chi connectivity index (χ2v) is 14.8. The number of ether oxygens (including phenoxy) is 7. The maximum atomic E-state index is 13.2. The number of benzene rings is 4. The highest BCUT2D eigenvalue weighted by molar-refractivity contribution is 6.00. The van der Waals surface area contributed by atoms with Gasteiger partial charge in [0.15, 0.2) is 16.8 Å². The number of methoxy groups -OCH3 is 2. The molecule has 0 saturated carbocycles. The summed E-state index contributed by atoms with van der Waals surface area (Å²) in [6.45, 7) is 5.51. The Bertz CT molecular complexity index is 2580. The highest BCUT2D eigenvalue weighted by Gasteiger charge is 2.28. The number of nitrogens with two attached hydrogens (primary N) is 1. The topological polar surface area (TPSA) is 201 Å². The van der Waals surface area contributed by atoms with Gasteiger partial charge in [0.1, 0.15) is 11.5 Å². The van der Waals surface area contributed by atoms with Crippen LogP contribution in [0.5, 0.6) is 11.5 Å². The largest absolute Gasteiger partial charge is 0.493 e. The average Bonchev–Trinajstić information content (AvgIpc) is 3.74. The van der Waals surface area contributed by atoms with Crippen LogP contribution in [0.25, 0.3) is 44.8 Å². The summed E-state index contributed by atoms with van der Waals surface area (Å²) in [5.74, 6) is 0.824. The molecule has 65 heavy (non-hydrogen) atoms. The first-order chi connectivity index (χ1) is 31.9. The lowest BCUT2D eigenvalue weighted by molar-refractivity contribution is -0.118. The molecule has 0 spiro atoms. The predicted molar refractivity (Wildman–Crippen MR) is 243 cm³/mol. The molecule has 0 saturated heterocycles. The van der Waals surface area contributed by atoms with Crippen LogP contribution in [0.1, 0.15) is 22.3 Å². The minimum atomic E-state index is -0.254. The predicted octanol–water partition coefficient (Wildman–Crippen LogP) is 5.11. The SMILES string of the molecule is COc1ccc2c(=O)cc(-c3ccc(C(=O)NCCOCCOCCOCCOCCOCCn4nnc5c4-c4ccccc4CN(C(=O)CCN)c4ccccc4-5)cc3)oc2c1OC. The van der Waals surface area contributed by atoms with E-state index in [1.54, 1.807) is 41.3 Å². The number of carbonyl (C=O) groups is 2. The summed E-state index contributed by atoms with van der Waals surface area (Å²) in [4.78, 5) is 40.5. The first-order valence-corrected chi connectivity index (χ1v) is 21.5. The zero-order chi connectivity index (χ0) is 45.4. The highest BCUT2D eigenvalue weighted by Crippen LogP contribution is 2.41. The molecule has 3 heterocycles. The van der Waals surface area contributed by atoms with Crippen LogP contribution in [0.4, 0.5) is 5.69 Å². The van der Waals surface area contributed by atoms with Gasteiger partial charge in [0.2, 0.25) is 11.7 Å². The van der Waals surface area contributed by atoms with E-state index in [0.29, 0.717) is 125 Å². The molecule has 0 bridgehead atoms. The van der Waals surface area contributed by atoms with Crippen LogP contribution in [-0.2, 0) is 41.6 Å². The Morgan fingerprint density at radius 3 is 2.08 bits per heavy atom. The molecular weight excluding hydrogens is 837 g/mol. The van der Waals surface area contributed by atoms with Gasteiger partial charge < -0.3 is 53.5 Å². The lowest BCUT2D eigenvalue weighted by atomic mass is 9.95. The molecule has 7 rings (SSSR count). The van der Waals surface area contributed by atoms with Gasteiger partial charge in [-0.2, -0.15) is 0 Å². The number of amides is 2. The fourth-order valence-electron chi connectivity index (χ4n) is 7.38. The van der Waals surface area contributed by atoms with Gasteiger partial charge in [-0.25, -0.2) is 4.68 Å². The molecule has 17 heteroatoms. The molecule has 2 aromatic heterocycles. The average molecular weight is 891 g/mol. The summed E-state index contributed by atoms with van der Waals surface area (Å²) in [6, 6.07) is 27.2. The van der Waals surface area contributed by atoms with Gasteiger partial charge in [-0.05, 0) is 35.9 Å². The minimum Gasteiger partial charge on any atom is -0.493 e. The molecule has 0 aliphatic carbocycles. The van der Waals surface area contributed by atoms with E-state index in [-0.39, 0.29) is 35.8 Å². The fourth-order valence-corrected chi connectivity index (χ4v) is 7.38. The van der Waals surface area contributed by atoms with E-state index in [9.17, 15) is 14.4 Å². The number of hydrogen-bond acceptors (Lipinski definition) is 14. The Balaban J connectivity index is 0.723. The molecule has 2 amide bonds. The Hall–Kier alpha value is -6.47. The molecule has 0 unspecified atom stereocenters. The van der Waals surface area contributed by atoms with Crippen LogP contribution >= 0.6 is 0 Å². The Morgan fingerprint density at radius 2 is 1.40 bits per heavy atom. The van der Waals surface area contributed by atoms with Crippen molar-refractivity contribution in [2.75, 3.05) is 98.3 Å². The van der Waals surface area contributed by atoms with Crippen molar-refractivity contribution in [1.29, 1.82) is 0 Å². The third kappa shape index (κ3) is 11.6. The van der Waals surface area contributed by atoms with Gasteiger partial charge >= 0.3 is 0 Å². The number of anilines is 1. The molecule has 17 nitrogen and oxygen atoms in total. The maximum Gasteiger partial charge on any atom is 0.251 e. The first kappa shape index (κ1) is 46.5. The van der Waals surface area contributed by atoms with Crippen LogP contribution in [0.15, 0.2) is 100 Å². The van der Waals surface area contributed by atoms with Crippen molar-refractivity contribution in [3.8, 4) is 45.3 Å². The first-order valence-electron chi connectivity index (χ1n) is 21.5. The van der Waals surface area contributed by atoms with Crippen molar-refractivity contribution in [3.05, 3.63) is 112 Å².